The Hall–Kier alpha value is -2.06. The van der Waals surface area contributed by atoms with Crippen molar-refractivity contribution in [2.24, 2.45) is 7.05 Å². The highest BCUT2D eigenvalue weighted by atomic mass is 35.5. The van der Waals surface area contributed by atoms with Crippen LogP contribution in [0, 0.1) is 6.92 Å². The number of hydrogen-bond donors (Lipinski definition) is 2. The van der Waals surface area contributed by atoms with E-state index in [1.54, 1.807) is 7.05 Å². The highest BCUT2D eigenvalue weighted by Crippen LogP contribution is 2.28. The first kappa shape index (κ1) is 16.8. The third-order valence-electron chi connectivity index (χ3n) is 3.71. The molecular weight excluding hydrogens is 348 g/mol. The molecule has 0 atom stereocenters. The third kappa shape index (κ3) is 3.54. The molecule has 3 rings (SSSR count). The summed E-state index contributed by atoms with van der Waals surface area (Å²) in [6.07, 6.45) is 0.744. The molecule has 2 N–H and O–H groups in total. The van der Waals surface area contributed by atoms with Gasteiger partial charge in [-0.25, -0.2) is 4.68 Å². The molecule has 0 aliphatic carbocycles. The number of amides is 1. The predicted molar refractivity (Wildman–Crippen MR) is 94.3 cm³/mol. The van der Waals surface area contributed by atoms with Gasteiger partial charge in [0.25, 0.3) is 0 Å². The lowest BCUT2D eigenvalue weighted by Crippen LogP contribution is -2.27. The number of carbonyl (C=O) groups is 1. The van der Waals surface area contributed by atoms with Gasteiger partial charge >= 0.3 is 0 Å². The maximum Gasteiger partial charge on any atom is 0.230 e. The van der Waals surface area contributed by atoms with Crippen LogP contribution in [0.4, 0.5) is 0 Å². The van der Waals surface area contributed by atoms with Crippen molar-refractivity contribution in [3.63, 3.8) is 0 Å². The zero-order valence-electron chi connectivity index (χ0n) is 13.3. The summed E-state index contributed by atoms with van der Waals surface area (Å²) in [5, 5.41) is 16.4. The Morgan fingerprint density at radius 1 is 1.46 bits per heavy atom. The predicted octanol–water partition coefficient (Wildman–Crippen LogP) is 2.10. The Morgan fingerprint density at radius 2 is 2.29 bits per heavy atom. The van der Waals surface area contributed by atoms with E-state index in [4.69, 9.17) is 11.6 Å². The summed E-state index contributed by atoms with van der Waals surface area (Å²) >= 11 is 7.52. The number of nitrogens with zero attached hydrogens (tertiary/aromatic N) is 4. The van der Waals surface area contributed by atoms with Gasteiger partial charge in [0.1, 0.15) is 0 Å². The Bertz CT molecular complexity index is 874. The van der Waals surface area contributed by atoms with E-state index in [0.717, 1.165) is 23.0 Å². The van der Waals surface area contributed by atoms with Gasteiger partial charge in [-0.2, -0.15) is 0 Å². The van der Waals surface area contributed by atoms with Crippen molar-refractivity contribution in [3.8, 4) is 0 Å². The quantitative estimate of drug-likeness (QED) is 0.654. The molecule has 0 aliphatic rings. The number of rotatable bonds is 6. The molecular formula is C15H17ClN6OS. The number of H-pyrrole nitrogens is 1. The third-order valence-corrected chi connectivity index (χ3v) is 5.04. The maximum atomic E-state index is 11.9. The van der Waals surface area contributed by atoms with Crippen LogP contribution in [0.25, 0.3) is 10.9 Å². The first-order valence-corrected chi connectivity index (χ1v) is 8.80. The van der Waals surface area contributed by atoms with Crippen molar-refractivity contribution < 1.29 is 4.79 Å². The standard InChI is InChI=1S/C15H17ClN6OS/c1-9-10(11-4-3-5-12(16)14(11)18-9)6-7-17-13(23)8-24-15-19-20-21-22(15)2/h3-5,18H,6-8H2,1-2H3,(H,17,23). The molecule has 0 aliphatic heterocycles. The van der Waals surface area contributed by atoms with E-state index in [9.17, 15) is 4.79 Å². The van der Waals surface area contributed by atoms with Crippen molar-refractivity contribution >= 4 is 40.2 Å². The highest BCUT2D eigenvalue weighted by molar-refractivity contribution is 7.99. The molecule has 0 spiro atoms. The largest absolute Gasteiger partial charge is 0.357 e. The van der Waals surface area contributed by atoms with Gasteiger partial charge in [-0.15, -0.1) is 5.10 Å². The number of nitrogens with one attached hydrogen (secondary N) is 2. The molecule has 1 aromatic carbocycles. The molecule has 7 nitrogen and oxygen atoms in total. The van der Waals surface area contributed by atoms with Crippen LogP contribution < -0.4 is 5.32 Å². The van der Waals surface area contributed by atoms with Gasteiger partial charge < -0.3 is 10.3 Å². The molecule has 0 unspecified atom stereocenters. The summed E-state index contributed by atoms with van der Waals surface area (Å²) in [5.74, 6) is 0.242. The molecule has 2 heterocycles. The molecule has 0 saturated heterocycles. The Morgan fingerprint density at radius 3 is 3.04 bits per heavy atom. The Labute approximate surface area is 148 Å². The van der Waals surface area contributed by atoms with E-state index in [1.165, 1.54) is 22.0 Å². The minimum atomic E-state index is -0.0430. The lowest BCUT2D eigenvalue weighted by atomic mass is 10.1. The monoisotopic (exact) mass is 364 g/mol. The fourth-order valence-electron chi connectivity index (χ4n) is 2.54. The molecule has 0 radical (unpaired) electrons. The number of aromatic amines is 1. The number of tetrazole rings is 1. The number of halogens is 1. The summed E-state index contributed by atoms with van der Waals surface area (Å²) in [6, 6.07) is 5.84. The second-order valence-corrected chi connectivity index (χ2v) is 6.71. The van der Waals surface area contributed by atoms with Gasteiger partial charge in [-0.3, -0.25) is 4.79 Å². The molecule has 2 aromatic heterocycles. The molecule has 0 fully saturated rings. The molecule has 0 saturated carbocycles. The summed E-state index contributed by atoms with van der Waals surface area (Å²) in [5.41, 5.74) is 3.20. The molecule has 126 valence electrons. The van der Waals surface area contributed by atoms with Crippen LogP contribution in [0.5, 0.6) is 0 Å². The smallest absolute Gasteiger partial charge is 0.230 e. The second-order valence-electron chi connectivity index (χ2n) is 5.36. The summed E-state index contributed by atoms with van der Waals surface area (Å²) < 4.78 is 1.54. The van der Waals surface area contributed by atoms with E-state index in [0.29, 0.717) is 16.7 Å². The topological polar surface area (TPSA) is 88.5 Å². The maximum absolute atomic E-state index is 11.9. The summed E-state index contributed by atoms with van der Waals surface area (Å²) in [4.78, 5) is 15.3. The number of para-hydroxylation sites is 1. The van der Waals surface area contributed by atoms with Crippen LogP contribution >= 0.6 is 23.4 Å². The van der Waals surface area contributed by atoms with Crippen molar-refractivity contribution in [3.05, 3.63) is 34.5 Å². The van der Waals surface area contributed by atoms with E-state index in [1.807, 2.05) is 25.1 Å². The number of benzene rings is 1. The van der Waals surface area contributed by atoms with E-state index in [2.05, 4.69) is 25.8 Å². The number of fused-ring (bicyclic) bond motifs is 1. The fraction of sp³-hybridized carbons (Fsp3) is 0.333. The number of aromatic nitrogens is 5. The SMILES string of the molecule is Cc1[nH]c2c(Cl)cccc2c1CCNC(=O)CSc1nnnn1C. The first-order chi connectivity index (χ1) is 11.6. The number of aryl methyl sites for hydroxylation is 2. The average Bonchev–Trinajstić information content (AvgIpc) is 3.10. The van der Waals surface area contributed by atoms with Gasteiger partial charge in [-0.1, -0.05) is 35.5 Å². The van der Waals surface area contributed by atoms with Gasteiger partial charge in [0.15, 0.2) is 0 Å². The minimum absolute atomic E-state index is 0.0430. The summed E-state index contributed by atoms with van der Waals surface area (Å²) in [7, 11) is 1.74. The van der Waals surface area contributed by atoms with Crippen LogP contribution in [0.15, 0.2) is 23.4 Å². The molecule has 0 bridgehead atoms. The van der Waals surface area contributed by atoms with Gasteiger partial charge in [0, 0.05) is 24.7 Å². The Kier molecular flexibility index (Phi) is 5.06. The zero-order valence-corrected chi connectivity index (χ0v) is 14.9. The molecule has 3 aromatic rings. The van der Waals surface area contributed by atoms with Crippen molar-refractivity contribution in [1.29, 1.82) is 0 Å². The van der Waals surface area contributed by atoms with Gasteiger partial charge in [0.05, 0.1) is 16.3 Å². The normalized spacial score (nSPS) is 11.1. The van der Waals surface area contributed by atoms with Gasteiger partial charge in [0.2, 0.25) is 11.1 Å². The summed E-state index contributed by atoms with van der Waals surface area (Å²) in [6.45, 7) is 2.58. The lowest BCUT2D eigenvalue weighted by molar-refractivity contribution is -0.118. The van der Waals surface area contributed by atoms with Gasteiger partial charge in [-0.05, 0) is 35.4 Å². The zero-order chi connectivity index (χ0) is 17.1. The first-order valence-electron chi connectivity index (χ1n) is 7.44. The minimum Gasteiger partial charge on any atom is -0.357 e. The fourth-order valence-corrected chi connectivity index (χ4v) is 3.44. The van der Waals surface area contributed by atoms with E-state index < -0.39 is 0 Å². The van der Waals surface area contributed by atoms with Crippen LogP contribution in [0.1, 0.15) is 11.3 Å². The van der Waals surface area contributed by atoms with E-state index in [-0.39, 0.29) is 11.7 Å². The number of thioether (sulfide) groups is 1. The average molecular weight is 365 g/mol. The van der Waals surface area contributed by atoms with Crippen LogP contribution in [-0.4, -0.2) is 43.4 Å². The van der Waals surface area contributed by atoms with Crippen LogP contribution in [-0.2, 0) is 18.3 Å². The van der Waals surface area contributed by atoms with Crippen molar-refractivity contribution in [2.45, 2.75) is 18.5 Å². The van der Waals surface area contributed by atoms with Crippen molar-refractivity contribution in [2.75, 3.05) is 12.3 Å². The van der Waals surface area contributed by atoms with Crippen LogP contribution in [0.2, 0.25) is 5.02 Å². The second kappa shape index (κ2) is 7.23. The number of carbonyl (C=O) groups excluding carboxylic acids is 1. The number of hydrogen-bond acceptors (Lipinski definition) is 5. The molecule has 24 heavy (non-hydrogen) atoms. The van der Waals surface area contributed by atoms with Crippen LogP contribution in [0.3, 0.4) is 0 Å². The molecule has 1 amide bonds. The van der Waals surface area contributed by atoms with Crippen molar-refractivity contribution in [1.82, 2.24) is 30.5 Å². The Balaban J connectivity index is 1.55. The molecule has 9 heteroatoms. The highest BCUT2D eigenvalue weighted by Gasteiger charge is 2.11. The van der Waals surface area contributed by atoms with E-state index >= 15 is 0 Å². The lowest BCUT2D eigenvalue weighted by Gasteiger charge is -2.05.